The van der Waals surface area contributed by atoms with Crippen LogP contribution in [0.4, 0.5) is 4.39 Å². The van der Waals surface area contributed by atoms with E-state index in [4.69, 9.17) is 0 Å². The molecule has 1 saturated heterocycles. The molecule has 3 rings (SSSR count). The zero-order valence-electron chi connectivity index (χ0n) is 19.8. The number of amides is 2. The molecule has 0 bridgehead atoms. The van der Waals surface area contributed by atoms with Crippen molar-refractivity contribution in [2.24, 2.45) is 11.8 Å². The van der Waals surface area contributed by atoms with Gasteiger partial charge in [0.25, 0.3) is 0 Å². The van der Waals surface area contributed by atoms with Gasteiger partial charge < -0.3 is 10.6 Å². The number of halogens is 1. The van der Waals surface area contributed by atoms with Crippen LogP contribution in [0.1, 0.15) is 37.8 Å². The van der Waals surface area contributed by atoms with Gasteiger partial charge in [-0.25, -0.2) is 12.8 Å². The molecule has 2 amide bonds. The van der Waals surface area contributed by atoms with E-state index < -0.39 is 16.1 Å². The van der Waals surface area contributed by atoms with Gasteiger partial charge in [0.1, 0.15) is 11.9 Å². The largest absolute Gasteiger partial charge is 0.350 e. The summed E-state index contributed by atoms with van der Waals surface area (Å²) in [5, 5.41) is 5.64. The second-order valence-electron chi connectivity index (χ2n) is 9.07. The van der Waals surface area contributed by atoms with Crippen molar-refractivity contribution >= 4 is 21.8 Å². The quantitative estimate of drug-likeness (QED) is 0.596. The Morgan fingerprint density at radius 2 is 1.62 bits per heavy atom. The first-order valence-corrected chi connectivity index (χ1v) is 12.9. The first-order valence-electron chi connectivity index (χ1n) is 11.5. The van der Waals surface area contributed by atoms with Crippen LogP contribution in [0.15, 0.2) is 53.4 Å². The van der Waals surface area contributed by atoms with E-state index in [1.54, 1.807) is 36.4 Å². The smallest absolute Gasteiger partial charge is 0.243 e. The van der Waals surface area contributed by atoms with Crippen LogP contribution in [-0.4, -0.2) is 43.7 Å². The molecule has 0 unspecified atom stereocenters. The number of rotatable bonds is 8. The maximum absolute atomic E-state index is 13.1. The van der Waals surface area contributed by atoms with Gasteiger partial charge in [0.15, 0.2) is 0 Å². The number of carbonyl (C=O) groups is 2. The Bertz CT molecular complexity index is 1090. The number of nitrogens with one attached hydrogen (secondary N) is 2. The van der Waals surface area contributed by atoms with Crippen LogP contribution in [0.3, 0.4) is 0 Å². The Kier molecular flexibility index (Phi) is 8.43. The van der Waals surface area contributed by atoms with Gasteiger partial charge in [-0.2, -0.15) is 4.31 Å². The lowest BCUT2D eigenvalue weighted by Crippen LogP contribution is -2.52. The lowest BCUT2D eigenvalue weighted by molar-refractivity contribution is -0.132. The molecule has 2 aromatic rings. The molecule has 0 aromatic heterocycles. The van der Waals surface area contributed by atoms with Gasteiger partial charge in [-0.05, 0) is 55.5 Å². The molecule has 34 heavy (non-hydrogen) atoms. The molecular weight excluding hydrogens is 457 g/mol. The van der Waals surface area contributed by atoms with Crippen molar-refractivity contribution in [3.8, 4) is 0 Å². The monoisotopic (exact) mass is 489 g/mol. The Hall–Kier alpha value is -2.78. The Morgan fingerprint density at radius 3 is 2.18 bits per heavy atom. The average molecular weight is 490 g/mol. The SMILES string of the molecule is Cc1ccc(S(=O)(=O)N2CCC(C(=O)N[C@H](C(=O)NCc3ccc(F)cc3)C(C)C)CC2)cc1. The summed E-state index contributed by atoms with van der Waals surface area (Å²) < 4.78 is 40.3. The van der Waals surface area contributed by atoms with Gasteiger partial charge in [0.2, 0.25) is 21.8 Å². The average Bonchev–Trinajstić information content (AvgIpc) is 2.82. The van der Waals surface area contributed by atoms with Crippen LogP contribution in [-0.2, 0) is 26.2 Å². The molecule has 2 aromatic carbocycles. The van der Waals surface area contributed by atoms with Crippen molar-refractivity contribution < 1.29 is 22.4 Å². The molecule has 1 aliphatic rings. The Balaban J connectivity index is 1.55. The first-order chi connectivity index (χ1) is 16.1. The second kappa shape index (κ2) is 11.1. The predicted molar refractivity (Wildman–Crippen MR) is 128 cm³/mol. The fourth-order valence-corrected chi connectivity index (χ4v) is 5.39. The number of nitrogens with zero attached hydrogens (tertiary/aromatic N) is 1. The molecule has 1 atom stereocenters. The minimum Gasteiger partial charge on any atom is -0.350 e. The summed E-state index contributed by atoms with van der Waals surface area (Å²) in [7, 11) is -3.60. The molecule has 2 N–H and O–H groups in total. The number of aryl methyl sites for hydroxylation is 1. The summed E-state index contributed by atoms with van der Waals surface area (Å²) in [6, 6.07) is 11.8. The van der Waals surface area contributed by atoms with Crippen LogP contribution in [0.5, 0.6) is 0 Å². The molecule has 7 nitrogen and oxygen atoms in total. The number of benzene rings is 2. The highest BCUT2D eigenvalue weighted by atomic mass is 32.2. The molecule has 0 radical (unpaired) electrons. The first kappa shape index (κ1) is 25.8. The molecule has 184 valence electrons. The zero-order chi connectivity index (χ0) is 24.9. The Morgan fingerprint density at radius 1 is 1.03 bits per heavy atom. The van der Waals surface area contributed by atoms with Crippen LogP contribution >= 0.6 is 0 Å². The maximum atomic E-state index is 13.1. The van der Waals surface area contributed by atoms with Crippen molar-refractivity contribution in [1.82, 2.24) is 14.9 Å². The number of carbonyl (C=O) groups excluding carboxylic acids is 2. The minimum atomic E-state index is -3.60. The minimum absolute atomic E-state index is 0.140. The van der Waals surface area contributed by atoms with E-state index >= 15 is 0 Å². The van der Waals surface area contributed by atoms with E-state index in [9.17, 15) is 22.4 Å². The zero-order valence-corrected chi connectivity index (χ0v) is 20.6. The highest BCUT2D eigenvalue weighted by molar-refractivity contribution is 7.89. The van der Waals surface area contributed by atoms with Crippen molar-refractivity contribution in [3.05, 3.63) is 65.5 Å². The van der Waals surface area contributed by atoms with Crippen molar-refractivity contribution in [1.29, 1.82) is 0 Å². The van der Waals surface area contributed by atoms with E-state index in [1.807, 2.05) is 20.8 Å². The fraction of sp³-hybridized carbons (Fsp3) is 0.440. The number of hydrogen-bond donors (Lipinski definition) is 2. The molecule has 1 fully saturated rings. The third-order valence-corrected chi connectivity index (χ3v) is 8.02. The van der Waals surface area contributed by atoms with Crippen LogP contribution in [0.2, 0.25) is 0 Å². The number of hydrogen-bond acceptors (Lipinski definition) is 4. The maximum Gasteiger partial charge on any atom is 0.243 e. The third-order valence-electron chi connectivity index (χ3n) is 6.11. The van der Waals surface area contributed by atoms with Crippen LogP contribution < -0.4 is 10.6 Å². The topological polar surface area (TPSA) is 95.6 Å². The summed E-state index contributed by atoms with van der Waals surface area (Å²) >= 11 is 0. The Labute approximate surface area is 200 Å². The lowest BCUT2D eigenvalue weighted by atomic mass is 9.95. The van der Waals surface area contributed by atoms with Gasteiger partial charge in [-0.1, -0.05) is 43.7 Å². The number of sulfonamides is 1. The summed E-state index contributed by atoms with van der Waals surface area (Å²) in [6.07, 6.45) is 0.776. The van der Waals surface area contributed by atoms with Crippen molar-refractivity contribution in [2.45, 2.75) is 51.1 Å². The third kappa shape index (κ3) is 6.42. The normalized spacial score (nSPS) is 16.3. The van der Waals surface area contributed by atoms with E-state index in [-0.39, 0.29) is 54.0 Å². The van der Waals surface area contributed by atoms with E-state index in [1.165, 1.54) is 16.4 Å². The summed E-state index contributed by atoms with van der Waals surface area (Å²) in [6.45, 7) is 6.31. The van der Waals surface area contributed by atoms with Gasteiger partial charge in [-0.15, -0.1) is 0 Å². The van der Waals surface area contributed by atoms with E-state index in [0.29, 0.717) is 12.8 Å². The fourth-order valence-electron chi connectivity index (χ4n) is 3.93. The van der Waals surface area contributed by atoms with Crippen molar-refractivity contribution in [3.63, 3.8) is 0 Å². The predicted octanol–water partition coefficient (Wildman–Crippen LogP) is 2.99. The van der Waals surface area contributed by atoms with Gasteiger partial charge >= 0.3 is 0 Å². The molecule has 9 heteroatoms. The lowest BCUT2D eigenvalue weighted by Gasteiger charge is -2.32. The highest BCUT2D eigenvalue weighted by Gasteiger charge is 2.34. The summed E-state index contributed by atoms with van der Waals surface area (Å²) in [5.74, 6) is -1.41. The summed E-state index contributed by atoms with van der Waals surface area (Å²) in [5.41, 5.74) is 1.74. The van der Waals surface area contributed by atoms with Gasteiger partial charge in [-0.3, -0.25) is 9.59 Å². The molecule has 0 saturated carbocycles. The van der Waals surface area contributed by atoms with E-state index in [2.05, 4.69) is 10.6 Å². The van der Waals surface area contributed by atoms with Gasteiger partial charge in [0.05, 0.1) is 4.90 Å². The second-order valence-corrected chi connectivity index (χ2v) is 11.0. The standard InChI is InChI=1S/C25H32FN3O4S/c1-17(2)23(25(31)27-16-19-6-8-21(26)9-7-19)28-24(30)20-12-14-29(15-13-20)34(32,33)22-10-4-18(3)5-11-22/h4-11,17,20,23H,12-16H2,1-3H3,(H,27,31)(H,28,30)/t23-/m0/s1. The van der Waals surface area contributed by atoms with E-state index in [0.717, 1.165) is 11.1 Å². The van der Waals surface area contributed by atoms with Crippen LogP contribution in [0, 0.1) is 24.6 Å². The molecular formula is C25H32FN3O4S. The number of piperidine rings is 1. The molecule has 1 heterocycles. The molecule has 0 aliphatic carbocycles. The van der Waals surface area contributed by atoms with Crippen molar-refractivity contribution in [2.75, 3.05) is 13.1 Å². The molecule has 0 spiro atoms. The van der Waals surface area contributed by atoms with Gasteiger partial charge in [0, 0.05) is 25.6 Å². The highest BCUT2D eigenvalue weighted by Crippen LogP contribution is 2.24. The summed E-state index contributed by atoms with van der Waals surface area (Å²) in [4.78, 5) is 25.9. The molecule has 1 aliphatic heterocycles. The van der Waals surface area contributed by atoms with Crippen LogP contribution in [0.25, 0.3) is 0 Å².